The Balaban J connectivity index is 2.09. The molecule has 4 nitrogen and oxygen atoms in total. The van der Waals surface area contributed by atoms with Gasteiger partial charge in [0.15, 0.2) is 0 Å². The Bertz CT molecular complexity index is 518. The number of benzene rings is 1. The maximum atomic E-state index is 12.3. The molecule has 0 radical (unpaired) electrons. The van der Waals surface area contributed by atoms with Crippen LogP contribution in [0.2, 0.25) is 0 Å². The number of aliphatic carboxylic acids is 1. The van der Waals surface area contributed by atoms with Gasteiger partial charge in [-0.3, -0.25) is 9.59 Å². The second kappa shape index (κ2) is 6.31. The number of carbonyl (C=O) groups is 2. The van der Waals surface area contributed by atoms with Crippen molar-refractivity contribution in [1.29, 1.82) is 0 Å². The Hall–Kier alpha value is -1.49. The van der Waals surface area contributed by atoms with E-state index in [0.29, 0.717) is 12.8 Å². The third-order valence-electron chi connectivity index (χ3n) is 3.79. The highest BCUT2D eigenvalue weighted by Crippen LogP contribution is 2.37. The summed E-state index contributed by atoms with van der Waals surface area (Å²) in [5.74, 6) is -1.76. The first kappa shape index (κ1) is 14.9. The fourth-order valence-electron chi connectivity index (χ4n) is 2.79. The Kier molecular flexibility index (Phi) is 4.70. The number of carboxylic acids is 1. The topological polar surface area (TPSA) is 66.4 Å². The molecule has 2 N–H and O–H groups in total. The van der Waals surface area contributed by atoms with Crippen LogP contribution in [0.25, 0.3) is 0 Å². The van der Waals surface area contributed by atoms with Crippen LogP contribution in [0.4, 0.5) is 5.69 Å². The highest BCUT2D eigenvalue weighted by Gasteiger charge is 2.41. The largest absolute Gasteiger partial charge is 0.481 e. The summed E-state index contributed by atoms with van der Waals surface area (Å²) in [5.41, 5.74) is 0.727. The first-order valence-corrected chi connectivity index (χ1v) is 7.91. The van der Waals surface area contributed by atoms with E-state index in [0.717, 1.165) is 10.6 Å². The minimum absolute atomic E-state index is 0.181. The molecule has 1 aromatic rings. The smallest absolute Gasteiger partial charge is 0.307 e. The zero-order valence-corrected chi connectivity index (χ0v) is 12.4. The van der Waals surface area contributed by atoms with E-state index in [4.69, 9.17) is 0 Å². The lowest BCUT2D eigenvalue weighted by molar-refractivity contribution is -0.145. The SMILES string of the molecule is CSc1cccc(NC(=O)[C@H]2CC(C)C[C@H]2C(=O)O)c1. The van der Waals surface area contributed by atoms with Crippen molar-refractivity contribution in [2.75, 3.05) is 11.6 Å². The molecular weight excluding hydrogens is 274 g/mol. The highest BCUT2D eigenvalue weighted by molar-refractivity contribution is 7.98. The zero-order valence-electron chi connectivity index (χ0n) is 11.6. The summed E-state index contributed by atoms with van der Waals surface area (Å²) in [6.45, 7) is 2.00. The van der Waals surface area contributed by atoms with E-state index < -0.39 is 17.8 Å². The van der Waals surface area contributed by atoms with Crippen LogP contribution in [0.3, 0.4) is 0 Å². The van der Waals surface area contributed by atoms with E-state index in [1.807, 2.05) is 37.4 Å². The molecule has 3 atom stereocenters. The summed E-state index contributed by atoms with van der Waals surface area (Å²) in [5, 5.41) is 12.1. The fraction of sp³-hybridized carbons (Fsp3) is 0.467. The number of anilines is 1. The first-order valence-electron chi connectivity index (χ1n) is 6.69. The summed E-state index contributed by atoms with van der Waals surface area (Å²) in [7, 11) is 0. The van der Waals surface area contributed by atoms with Crippen molar-refractivity contribution in [3.63, 3.8) is 0 Å². The summed E-state index contributed by atoms with van der Waals surface area (Å²) in [6.07, 6.45) is 3.20. The molecule has 2 rings (SSSR count). The number of hydrogen-bond donors (Lipinski definition) is 2. The molecule has 1 aliphatic rings. The summed E-state index contributed by atoms with van der Waals surface area (Å²) in [4.78, 5) is 24.6. The van der Waals surface area contributed by atoms with Gasteiger partial charge in [0.05, 0.1) is 11.8 Å². The molecule has 5 heteroatoms. The molecule has 0 saturated heterocycles. The van der Waals surface area contributed by atoms with Crippen molar-refractivity contribution in [2.24, 2.45) is 17.8 Å². The number of nitrogens with one attached hydrogen (secondary N) is 1. The van der Waals surface area contributed by atoms with Crippen LogP contribution in [-0.2, 0) is 9.59 Å². The van der Waals surface area contributed by atoms with E-state index in [-0.39, 0.29) is 11.8 Å². The molecule has 1 amide bonds. The molecule has 0 aliphatic heterocycles. The van der Waals surface area contributed by atoms with Gasteiger partial charge in [-0.25, -0.2) is 0 Å². The van der Waals surface area contributed by atoms with Crippen LogP contribution in [0.1, 0.15) is 19.8 Å². The van der Waals surface area contributed by atoms with Crippen LogP contribution in [0, 0.1) is 17.8 Å². The van der Waals surface area contributed by atoms with Crippen molar-refractivity contribution >= 4 is 29.3 Å². The minimum atomic E-state index is -0.868. The van der Waals surface area contributed by atoms with Crippen LogP contribution in [0.5, 0.6) is 0 Å². The quantitative estimate of drug-likeness (QED) is 0.837. The number of carbonyl (C=O) groups excluding carboxylic acids is 1. The third-order valence-corrected chi connectivity index (χ3v) is 4.51. The van der Waals surface area contributed by atoms with Crippen LogP contribution in [-0.4, -0.2) is 23.2 Å². The van der Waals surface area contributed by atoms with Gasteiger partial charge in [0.2, 0.25) is 5.91 Å². The van der Waals surface area contributed by atoms with Crippen LogP contribution < -0.4 is 5.32 Å². The van der Waals surface area contributed by atoms with Crippen molar-refractivity contribution < 1.29 is 14.7 Å². The Morgan fingerprint density at radius 2 is 2.00 bits per heavy atom. The second-order valence-corrected chi connectivity index (χ2v) is 6.23. The van der Waals surface area contributed by atoms with Gasteiger partial charge in [0, 0.05) is 10.6 Å². The van der Waals surface area contributed by atoms with Gasteiger partial charge in [-0.05, 0) is 43.2 Å². The summed E-state index contributed by atoms with van der Waals surface area (Å²) in [6, 6.07) is 7.58. The van der Waals surface area contributed by atoms with E-state index in [2.05, 4.69) is 5.32 Å². The van der Waals surface area contributed by atoms with E-state index >= 15 is 0 Å². The number of hydrogen-bond acceptors (Lipinski definition) is 3. The maximum Gasteiger partial charge on any atom is 0.307 e. The van der Waals surface area contributed by atoms with Gasteiger partial charge in [-0.2, -0.15) is 0 Å². The average Bonchev–Trinajstić information content (AvgIpc) is 2.81. The number of carboxylic acid groups (broad SMARTS) is 1. The minimum Gasteiger partial charge on any atom is -0.481 e. The van der Waals surface area contributed by atoms with E-state index in [9.17, 15) is 14.7 Å². The first-order chi connectivity index (χ1) is 9.51. The van der Waals surface area contributed by atoms with Crippen molar-refractivity contribution in [3.8, 4) is 0 Å². The fourth-order valence-corrected chi connectivity index (χ4v) is 3.25. The molecule has 1 aliphatic carbocycles. The highest BCUT2D eigenvalue weighted by atomic mass is 32.2. The van der Waals surface area contributed by atoms with Gasteiger partial charge < -0.3 is 10.4 Å². The lowest BCUT2D eigenvalue weighted by Crippen LogP contribution is -2.29. The molecule has 1 fully saturated rings. The van der Waals surface area contributed by atoms with Crippen LogP contribution in [0.15, 0.2) is 29.2 Å². The van der Waals surface area contributed by atoms with Gasteiger partial charge in [0.25, 0.3) is 0 Å². The molecule has 0 bridgehead atoms. The molecule has 1 aromatic carbocycles. The van der Waals surface area contributed by atoms with Gasteiger partial charge in [0.1, 0.15) is 0 Å². The number of thioether (sulfide) groups is 1. The van der Waals surface area contributed by atoms with Gasteiger partial charge >= 0.3 is 5.97 Å². The summed E-state index contributed by atoms with van der Waals surface area (Å²) >= 11 is 1.60. The predicted octanol–water partition coefficient (Wildman–Crippen LogP) is 3.09. The zero-order chi connectivity index (χ0) is 14.7. The summed E-state index contributed by atoms with van der Waals surface area (Å²) < 4.78 is 0. The van der Waals surface area contributed by atoms with E-state index in [1.54, 1.807) is 11.8 Å². The number of amides is 1. The van der Waals surface area contributed by atoms with Gasteiger partial charge in [-0.15, -0.1) is 11.8 Å². The number of rotatable bonds is 4. The molecule has 1 saturated carbocycles. The Labute approximate surface area is 123 Å². The Morgan fingerprint density at radius 1 is 1.30 bits per heavy atom. The normalized spacial score (nSPS) is 25.4. The van der Waals surface area contributed by atoms with Crippen LogP contribution >= 0.6 is 11.8 Å². The van der Waals surface area contributed by atoms with Crippen molar-refractivity contribution in [3.05, 3.63) is 24.3 Å². The Morgan fingerprint density at radius 3 is 2.65 bits per heavy atom. The predicted molar refractivity (Wildman–Crippen MR) is 79.9 cm³/mol. The molecular formula is C15H19NO3S. The lowest BCUT2D eigenvalue weighted by atomic mass is 9.95. The standard InChI is InChI=1S/C15H19NO3S/c1-9-6-12(13(7-9)15(18)19)14(17)16-10-4-3-5-11(8-10)20-2/h3-5,8-9,12-13H,6-7H2,1-2H3,(H,16,17)(H,18,19)/t9?,12-,13+/m0/s1. The molecule has 0 aromatic heterocycles. The monoisotopic (exact) mass is 293 g/mol. The average molecular weight is 293 g/mol. The molecule has 108 valence electrons. The van der Waals surface area contributed by atoms with Crippen molar-refractivity contribution in [1.82, 2.24) is 0 Å². The third kappa shape index (κ3) is 3.33. The maximum absolute atomic E-state index is 12.3. The molecule has 1 unspecified atom stereocenters. The second-order valence-electron chi connectivity index (χ2n) is 5.35. The van der Waals surface area contributed by atoms with Crippen molar-refractivity contribution in [2.45, 2.75) is 24.7 Å². The molecule has 0 heterocycles. The van der Waals surface area contributed by atoms with E-state index in [1.165, 1.54) is 0 Å². The molecule has 0 spiro atoms. The van der Waals surface area contributed by atoms with Gasteiger partial charge in [-0.1, -0.05) is 13.0 Å². The molecule has 20 heavy (non-hydrogen) atoms. The lowest BCUT2D eigenvalue weighted by Gasteiger charge is -2.15.